The molecule has 1 aliphatic rings. The van der Waals surface area contributed by atoms with Gasteiger partial charge in [0.15, 0.2) is 18.4 Å². The average molecular weight is 278 g/mol. The van der Waals surface area contributed by atoms with Crippen LogP contribution in [0, 0.1) is 11.6 Å². The zero-order valence-corrected chi connectivity index (χ0v) is 10.6. The van der Waals surface area contributed by atoms with Crippen LogP contribution in [0.3, 0.4) is 0 Å². The van der Waals surface area contributed by atoms with Crippen LogP contribution in [0.4, 0.5) is 8.78 Å². The van der Waals surface area contributed by atoms with Crippen molar-refractivity contribution < 1.29 is 23.0 Å². The summed E-state index contributed by atoms with van der Waals surface area (Å²) in [6.07, 6.45) is 0. The number of para-hydroxylation sites is 1. The molecule has 20 heavy (non-hydrogen) atoms. The molecule has 1 heterocycles. The molecule has 104 valence electrons. The molecule has 0 spiro atoms. The van der Waals surface area contributed by atoms with Gasteiger partial charge >= 0.3 is 0 Å². The standard InChI is InChI=1S/C15H12F2O3/c16-12-5-10-7-18-9-20-15(10)11(6-12)8-19-14-4-2-1-3-13(14)17/h1-6H,7-9H2. The predicted octanol–water partition coefficient (Wildman–Crippen LogP) is 3.41. The molecule has 0 aliphatic carbocycles. The van der Waals surface area contributed by atoms with Crippen molar-refractivity contribution in [2.45, 2.75) is 13.2 Å². The molecule has 0 saturated heterocycles. The first-order valence-corrected chi connectivity index (χ1v) is 6.13. The SMILES string of the molecule is Fc1cc2c(c(COc3ccccc3F)c1)OCOC2. The summed E-state index contributed by atoms with van der Waals surface area (Å²) in [6, 6.07) is 8.76. The van der Waals surface area contributed by atoms with Crippen molar-refractivity contribution in [3.05, 3.63) is 59.2 Å². The monoisotopic (exact) mass is 278 g/mol. The van der Waals surface area contributed by atoms with E-state index in [-0.39, 0.29) is 19.1 Å². The van der Waals surface area contributed by atoms with Crippen LogP contribution < -0.4 is 9.47 Å². The van der Waals surface area contributed by atoms with Gasteiger partial charge in [-0.25, -0.2) is 8.78 Å². The maximum atomic E-state index is 13.5. The maximum absolute atomic E-state index is 13.5. The molecule has 0 unspecified atom stereocenters. The third-order valence-electron chi connectivity index (χ3n) is 2.97. The first-order valence-electron chi connectivity index (χ1n) is 6.13. The Morgan fingerprint density at radius 3 is 2.85 bits per heavy atom. The Balaban J connectivity index is 1.84. The first kappa shape index (κ1) is 12.9. The Morgan fingerprint density at radius 2 is 2.00 bits per heavy atom. The molecule has 0 fully saturated rings. The highest BCUT2D eigenvalue weighted by atomic mass is 19.1. The van der Waals surface area contributed by atoms with Crippen molar-refractivity contribution >= 4 is 0 Å². The fraction of sp³-hybridized carbons (Fsp3) is 0.200. The van der Waals surface area contributed by atoms with Gasteiger partial charge < -0.3 is 14.2 Å². The summed E-state index contributed by atoms with van der Waals surface area (Å²) < 4.78 is 42.8. The normalized spacial score (nSPS) is 13.5. The quantitative estimate of drug-likeness (QED) is 0.861. The van der Waals surface area contributed by atoms with Crippen LogP contribution in [0.1, 0.15) is 11.1 Å². The lowest BCUT2D eigenvalue weighted by Crippen LogP contribution is -2.14. The van der Waals surface area contributed by atoms with E-state index in [1.807, 2.05) is 0 Å². The number of halogens is 2. The minimum Gasteiger partial charge on any atom is -0.486 e. The Bertz CT molecular complexity index is 629. The van der Waals surface area contributed by atoms with Gasteiger partial charge in [-0.15, -0.1) is 0 Å². The second-order valence-electron chi connectivity index (χ2n) is 4.38. The van der Waals surface area contributed by atoms with Gasteiger partial charge in [0.05, 0.1) is 6.61 Å². The molecule has 0 bridgehead atoms. The van der Waals surface area contributed by atoms with Gasteiger partial charge in [-0.3, -0.25) is 0 Å². The number of fused-ring (bicyclic) bond motifs is 1. The van der Waals surface area contributed by atoms with Crippen LogP contribution in [-0.2, 0) is 18.0 Å². The molecular weight excluding hydrogens is 266 g/mol. The van der Waals surface area contributed by atoms with E-state index in [2.05, 4.69) is 0 Å². The highest BCUT2D eigenvalue weighted by Gasteiger charge is 2.17. The number of benzene rings is 2. The van der Waals surface area contributed by atoms with Crippen LogP contribution in [-0.4, -0.2) is 6.79 Å². The molecule has 1 aliphatic heterocycles. The second kappa shape index (κ2) is 5.46. The number of hydrogen-bond acceptors (Lipinski definition) is 3. The van der Waals surface area contributed by atoms with Crippen molar-refractivity contribution in [1.82, 2.24) is 0 Å². The summed E-state index contributed by atoms with van der Waals surface area (Å²) in [5.41, 5.74) is 1.16. The van der Waals surface area contributed by atoms with Crippen LogP contribution in [0.25, 0.3) is 0 Å². The topological polar surface area (TPSA) is 27.7 Å². The minimum atomic E-state index is -0.456. The van der Waals surface area contributed by atoms with E-state index in [4.69, 9.17) is 14.2 Å². The van der Waals surface area contributed by atoms with E-state index in [1.165, 1.54) is 24.3 Å². The molecule has 2 aromatic carbocycles. The fourth-order valence-corrected chi connectivity index (χ4v) is 2.08. The molecule has 3 rings (SSSR count). The van der Waals surface area contributed by atoms with Crippen LogP contribution in [0.5, 0.6) is 11.5 Å². The maximum Gasteiger partial charge on any atom is 0.189 e. The van der Waals surface area contributed by atoms with Crippen molar-refractivity contribution in [3.63, 3.8) is 0 Å². The van der Waals surface area contributed by atoms with Crippen LogP contribution >= 0.6 is 0 Å². The van der Waals surface area contributed by atoms with Gasteiger partial charge in [-0.1, -0.05) is 12.1 Å². The summed E-state index contributed by atoms with van der Waals surface area (Å²) in [7, 11) is 0. The third kappa shape index (κ3) is 2.58. The highest BCUT2D eigenvalue weighted by Crippen LogP contribution is 2.30. The van der Waals surface area contributed by atoms with Crippen molar-refractivity contribution in [3.8, 4) is 11.5 Å². The minimum absolute atomic E-state index is 0.0288. The van der Waals surface area contributed by atoms with E-state index >= 15 is 0 Å². The zero-order valence-electron chi connectivity index (χ0n) is 10.6. The van der Waals surface area contributed by atoms with Gasteiger partial charge in [0.2, 0.25) is 0 Å². The molecule has 0 aromatic heterocycles. The van der Waals surface area contributed by atoms with E-state index in [9.17, 15) is 8.78 Å². The van der Waals surface area contributed by atoms with E-state index in [0.717, 1.165) is 0 Å². The third-order valence-corrected chi connectivity index (χ3v) is 2.97. The lowest BCUT2D eigenvalue weighted by Gasteiger charge is -2.21. The molecule has 2 aromatic rings. The number of rotatable bonds is 3. The Kier molecular flexibility index (Phi) is 3.52. The summed E-state index contributed by atoms with van der Waals surface area (Å²) in [5, 5.41) is 0. The fourth-order valence-electron chi connectivity index (χ4n) is 2.08. The average Bonchev–Trinajstić information content (AvgIpc) is 2.46. The van der Waals surface area contributed by atoms with Gasteiger partial charge in [-0.05, 0) is 24.3 Å². The second-order valence-corrected chi connectivity index (χ2v) is 4.38. The Morgan fingerprint density at radius 1 is 1.15 bits per heavy atom. The van der Waals surface area contributed by atoms with Crippen molar-refractivity contribution in [1.29, 1.82) is 0 Å². The van der Waals surface area contributed by atoms with Gasteiger partial charge in [-0.2, -0.15) is 0 Å². The molecular formula is C15H12F2O3. The van der Waals surface area contributed by atoms with E-state index in [1.54, 1.807) is 12.1 Å². The van der Waals surface area contributed by atoms with E-state index in [0.29, 0.717) is 23.5 Å². The largest absolute Gasteiger partial charge is 0.486 e. The van der Waals surface area contributed by atoms with Crippen molar-refractivity contribution in [2.24, 2.45) is 0 Å². The summed E-state index contributed by atoms with van der Waals surface area (Å²) in [6.45, 7) is 0.437. The molecule has 0 atom stereocenters. The Hall–Kier alpha value is -2.14. The number of hydrogen-bond donors (Lipinski definition) is 0. The molecule has 0 saturated carbocycles. The molecule has 0 amide bonds. The van der Waals surface area contributed by atoms with Crippen LogP contribution in [0.2, 0.25) is 0 Å². The number of ether oxygens (including phenoxy) is 3. The van der Waals surface area contributed by atoms with Crippen molar-refractivity contribution in [2.75, 3.05) is 6.79 Å². The van der Waals surface area contributed by atoms with Gasteiger partial charge in [0.25, 0.3) is 0 Å². The molecule has 5 heteroatoms. The summed E-state index contributed by atoms with van der Waals surface area (Å²) in [4.78, 5) is 0. The smallest absolute Gasteiger partial charge is 0.189 e. The van der Waals surface area contributed by atoms with Crippen LogP contribution in [0.15, 0.2) is 36.4 Å². The highest BCUT2D eigenvalue weighted by molar-refractivity contribution is 5.42. The van der Waals surface area contributed by atoms with E-state index < -0.39 is 11.6 Å². The molecule has 0 radical (unpaired) electrons. The first-order chi connectivity index (χ1) is 9.74. The lowest BCUT2D eigenvalue weighted by atomic mass is 10.1. The zero-order chi connectivity index (χ0) is 13.9. The molecule has 3 nitrogen and oxygen atoms in total. The summed E-state index contributed by atoms with van der Waals surface area (Å²) in [5.74, 6) is -0.182. The molecule has 0 N–H and O–H groups in total. The Labute approximate surface area is 114 Å². The predicted molar refractivity (Wildman–Crippen MR) is 67.4 cm³/mol. The van der Waals surface area contributed by atoms with Gasteiger partial charge in [0.1, 0.15) is 18.2 Å². The van der Waals surface area contributed by atoms with Gasteiger partial charge in [0, 0.05) is 11.1 Å². The summed E-state index contributed by atoms with van der Waals surface area (Å²) >= 11 is 0. The lowest BCUT2D eigenvalue weighted by molar-refractivity contribution is -0.0178.